The van der Waals surface area contributed by atoms with Crippen molar-refractivity contribution in [3.63, 3.8) is 0 Å². The topological polar surface area (TPSA) is 92.4 Å². The Hall–Kier alpha value is -2.03. The SMILES string of the molecule is Cc1nc([C@@H]2COCCN2S(=O)(=O)Cc2ccccc2)cc(=O)[nH]1. The lowest BCUT2D eigenvalue weighted by molar-refractivity contribution is 0.0304. The van der Waals surface area contributed by atoms with Crippen molar-refractivity contribution in [3.05, 3.63) is 63.8 Å². The molecule has 1 aromatic heterocycles. The molecule has 0 radical (unpaired) electrons. The van der Waals surface area contributed by atoms with E-state index in [1.807, 2.05) is 18.2 Å². The van der Waals surface area contributed by atoms with E-state index in [9.17, 15) is 13.2 Å². The molecule has 24 heavy (non-hydrogen) atoms. The molecule has 2 aromatic rings. The van der Waals surface area contributed by atoms with E-state index in [-0.39, 0.29) is 24.5 Å². The molecule has 7 nitrogen and oxygen atoms in total. The molecule has 0 saturated carbocycles. The number of aryl methyl sites for hydroxylation is 1. The number of nitrogens with one attached hydrogen (secondary N) is 1. The van der Waals surface area contributed by atoms with Gasteiger partial charge in [-0.2, -0.15) is 4.31 Å². The van der Waals surface area contributed by atoms with Crippen LogP contribution in [-0.2, 0) is 20.5 Å². The minimum Gasteiger partial charge on any atom is -0.378 e. The number of H-pyrrole nitrogens is 1. The van der Waals surface area contributed by atoms with Crippen molar-refractivity contribution in [1.29, 1.82) is 0 Å². The van der Waals surface area contributed by atoms with Crippen LogP contribution < -0.4 is 5.56 Å². The van der Waals surface area contributed by atoms with Crippen molar-refractivity contribution < 1.29 is 13.2 Å². The van der Waals surface area contributed by atoms with Gasteiger partial charge >= 0.3 is 0 Å². The summed E-state index contributed by atoms with van der Waals surface area (Å²) in [6, 6.07) is 9.76. The molecule has 1 atom stereocenters. The first-order chi connectivity index (χ1) is 11.5. The van der Waals surface area contributed by atoms with Gasteiger partial charge in [-0.25, -0.2) is 13.4 Å². The Kier molecular flexibility index (Phi) is 4.79. The number of hydrogen-bond donors (Lipinski definition) is 1. The van der Waals surface area contributed by atoms with E-state index in [4.69, 9.17) is 4.74 Å². The Balaban J connectivity index is 1.93. The van der Waals surface area contributed by atoms with E-state index < -0.39 is 16.1 Å². The second-order valence-corrected chi connectivity index (χ2v) is 7.62. The van der Waals surface area contributed by atoms with Gasteiger partial charge in [0.25, 0.3) is 5.56 Å². The summed E-state index contributed by atoms with van der Waals surface area (Å²) in [5.74, 6) is 0.357. The van der Waals surface area contributed by atoms with Crippen LogP contribution >= 0.6 is 0 Å². The number of aromatic nitrogens is 2. The number of aromatic amines is 1. The number of sulfonamides is 1. The molecule has 0 unspecified atom stereocenters. The molecule has 1 fully saturated rings. The van der Waals surface area contributed by atoms with Gasteiger partial charge in [0.15, 0.2) is 0 Å². The van der Waals surface area contributed by atoms with E-state index in [2.05, 4.69) is 9.97 Å². The third-order valence-corrected chi connectivity index (χ3v) is 5.70. The highest BCUT2D eigenvalue weighted by atomic mass is 32.2. The summed E-state index contributed by atoms with van der Waals surface area (Å²) < 4.78 is 32.6. The van der Waals surface area contributed by atoms with Crippen molar-refractivity contribution >= 4 is 10.0 Å². The molecule has 2 heterocycles. The van der Waals surface area contributed by atoms with Crippen LogP contribution in [0.2, 0.25) is 0 Å². The van der Waals surface area contributed by atoms with Gasteiger partial charge in [0, 0.05) is 12.6 Å². The molecule has 1 aromatic carbocycles. The van der Waals surface area contributed by atoms with Gasteiger partial charge in [-0.3, -0.25) is 4.79 Å². The van der Waals surface area contributed by atoms with Gasteiger partial charge in [0.1, 0.15) is 5.82 Å². The van der Waals surface area contributed by atoms with Crippen LogP contribution in [0.5, 0.6) is 0 Å². The van der Waals surface area contributed by atoms with Gasteiger partial charge < -0.3 is 9.72 Å². The number of ether oxygens (including phenoxy) is 1. The van der Waals surface area contributed by atoms with E-state index in [0.29, 0.717) is 18.1 Å². The summed E-state index contributed by atoms with van der Waals surface area (Å²) >= 11 is 0. The molecule has 0 spiro atoms. The van der Waals surface area contributed by atoms with Crippen molar-refractivity contribution in [2.45, 2.75) is 18.7 Å². The molecular formula is C16H19N3O4S. The van der Waals surface area contributed by atoms with E-state index in [1.54, 1.807) is 19.1 Å². The molecule has 1 N–H and O–H groups in total. The van der Waals surface area contributed by atoms with Crippen LogP contribution in [0.3, 0.4) is 0 Å². The first-order valence-electron chi connectivity index (χ1n) is 7.65. The van der Waals surface area contributed by atoms with E-state index in [1.165, 1.54) is 10.4 Å². The van der Waals surface area contributed by atoms with Crippen molar-refractivity contribution in [3.8, 4) is 0 Å². The lowest BCUT2D eigenvalue weighted by Gasteiger charge is -2.34. The summed E-state index contributed by atoms with van der Waals surface area (Å²) in [5, 5.41) is 0. The predicted molar refractivity (Wildman–Crippen MR) is 88.9 cm³/mol. The van der Waals surface area contributed by atoms with Gasteiger partial charge in [0.05, 0.1) is 30.7 Å². The lowest BCUT2D eigenvalue weighted by atomic mass is 10.2. The standard InChI is InChI=1S/C16H19N3O4S/c1-12-17-14(9-16(20)18-12)15-10-23-8-7-19(15)24(21,22)11-13-5-3-2-4-6-13/h2-6,9,15H,7-8,10-11H2,1H3,(H,17,18,20)/t15-/m0/s1. The second-order valence-electron chi connectivity index (χ2n) is 5.70. The summed E-state index contributed by atoms with van der Waals surface area (Å²) in [6.07, 6.45) is 0. The van der Waals surface area contributed by atoms with Crippen LogP contribution in [0.25, 0.3) is 0 Å². The Morgan fingerprint density at radius 2 is 2.08 bits per heavy atom. The predicted octanol–water partition coefficient (Wildman–Crippen LogP) is 0.982. The molecular weight excluding hydrogens is 330 g/mol. The maximum absolute atomic E-state index is 12.9. The highest BCUT2D eigenvalue weighted by Gasteiger charge is 2.35. The fourth-order valence-corrected chi connectivity index (χ4v) is 4.48. The van der Waals surface area contributed by atoms with Crippen LogP contribution in [0, 0.1) is 6.92 Å². The maximum Gasteiger partial charge on any atom is 0.251 e. The fraction of sp³-hybridized carbons (Fsp3) is 0.375. The Morgan fingerprint density at radius 1 is 1.33 bits per heavy atom. The number of nitrogens with zero attached hydrogens (tertiary/aromatic N) is 2. The van der Waals surface area contributed by atoms with E-state index >= 15 is 0 Å². The normalized spacial score (nSPS) is 19.3. The highest BCUT2D eigenvalue weighted by molar-refractivity contribution is 7.88. The van der Waals surface area contributed by atoms with Gasteiger partial charge in [-0.1, -0.05) is 30.3 Å². The van der Waals surface area contributed by atoms with Crippen molar-refractivity contribution in [2.24, 2.45) is 0 Å². The van der Waals surface area contributed by atoms with Crippen molar-refractivity contribution in [2.75, 3.05) is 19.8 Å². The average Bonchev–Trinajstić information content (AvgIpc) is 2.54. The van der Waals surface area contributed by atoms with Gasteiger partial charge in [0.2, 0.25) is 10.0 Å². The summed E-state index contributed by atoms with van der Waals surface area (Å²) in [5.41, 5.74) is 0.828. The molecule has 0 aliphatic carbocycles. The highest BCUT2D eigenvalue weighted by Crippen LogP contribution is 2.26. The Labute approximate surface area is 140 Å². The third kappa shape index (κ3) is 3.72. The molecule has 128 valence electrons. The summed E-state index contributed by atoms with van der Waals surface area (Å²) in [4.78, 5) is 18.6. The summed E-state index contributed by atoms with van der Waals surface area (Å²) in [6.45, 7) is 2.42. The fourth-order valence-electron chi connectivity index (χ4n) is 2.80. The molecule has 8 heteroatoms. The zero-order valence-corrected chi connectivity index (χ0v) is 14.1. The van der Waals surface area contributed by atoms with Crippen LogP contribution in [0.1, 0.15) is 23.1 Å². The molecule has 1 saturated heterocycles. The number of morpholine rings is 1. The van der Waals surface area contributed by atoms with Crippen LogP contribution in [0.15, 0.2) is 41.2 Å². The molecule has 0 amide bonds. The first kappa shape index (κ1) is 16.8. The quantitative estimate of drug-likeness (QED) is 0.888. The van der Waals surface area contributed by atoms with Gasteiger partial charge in [-0.15, -0.1) is 0 Å². The Morgan fingerprint density at radius 3 is 2.79 bits per heavy atom. The monoisotopic (exact) mass is 349 g/mol. The third-order valence-electron chi connectivity index (χ3n) is 3.85. The van der Waals surface area contributed by atoms with E-state index in [0.717, 1.165) is 5.56 Å². The van der Waals surface area contributed by atoms with Crippen LogP contribution in [-0.4, -0.2) is 42.4 Å². The smallest absolute Gasteiger partial charge is 0.251 e. The summed E-state index contributed by atoms with van der Waals surface area (Å²) in [7, 11) is -3.56. The molecule has 1 aliphatic rings. The zero-order valence-electron chi connectivity index (χ0n) is 13.3. The van der Waals surface area contributed by atoms with Gasteiger partial charge in [-0.05, 0) is 12.5 Å². The zero-order chi connectivity index (χ0) is 17.2. The second kappa shape index (κ2) is 6.84. The van der Waals surface area contributed by atoms with Crippen molar-refractivity contribution in [1.82, 2.24) is 14.3 Å². The Bertz CT molecular complexity index is 864. The minimum absolute atomic E-state index is 0.0908. The number of hydrogen-bond acceptors (Lipinski definition) is 5. The number of rotatable bonds is 4. The number of benzene rings is 1. The minimum atomic E-state index is -3.56. The largest absolute Gasteiger partial charge is 0.378 e. The maximum atomic E-state index is 12.9. The van der Waals surface area contributed by atoms with Crippen LogP contribution in [0.4, 0.5) is 0 Å². The first-order valence-corrected chi connectivity index (χ1v) is 9.26. The molecule has 0 bridgehead atoms. The molecule has 3 rings (SSSR count). The lowest BCUT2D eigenvalue weighted by Crippen LogP contribution is -2.44. The average molecular weight is 349 g/mol. The molecule has 1 aliphatic heterocycles.